The van der Waals surface area contributed by atoms with Crippen molar-refractivity contribution in [2.75, 3.05) is 19.8 Å². The van der Waals surface area contributed by atoms with Gasteiger partial charge in [0.1, 0.15) is 0 Å². The fourth-order valence-electron chi connectivity index (χ4n) is 2.07. The van der Waals surface area contributed by atoms with Crippen LogP contribution in [0.25, 0.3) is 0 Å². The summed E-state index contributed by atoms with van der Waals surface area (Å²) in [6.45, 7) is 1.95. The summed E-state index contributed by atoms with van der Waals surface area (Å²) >= 11 is 0. The van der Waals surface area contributed by atoms with Crippen LogP contribution in [0.1, 0.15) is 30.9 Å². The minimum atomic E-state index is -0.0748. The normalized spacial score (nSPS) is 22.6. The van der Waals surface area contributed by atoms with Crippen LogP contribution < -0.4 is 5.73 Å². The molecule has 2 unspecified atom stereocenters. The molecule has 2 N–H and O–H groups in total. The smallest absolute Gasteiger partial charge is 0.0978 e. The quantitative estimate of drug-likeness (QED) is 0.833. The average Bonchev–Trinajstić information content (AvgIpc) is 2.78. The molecule has 2 rings (SSSR count). The topological polar surface area (TPSA) is 62.3 Å². The molecule has 2 heterocycles. The van der Waals surface area contributed by atoms with E-state index in [1.165, 1.54) is 12.8 Å². The van der Waals surface area contributed by atoms with Gasteiger partial charge in [0.2, 0.25) is 0 Å². The van der Waals surface area contributed by atoms with E-state index in [0.717, 1.165) is 18.6 Å². The molecule has 0 radical (unpaired) electrons. The second-order valence-electron chi connectivity index (χ2n) is 4.49. The van der Waals surface area contributed by atoms with Crippen molar-refractivity contribution in [1.29, 1.82) is 0 Å². The van der Waals surface area contributed by atoms with Gasteiger partial charge in [0.15, 0.2) is 0 Å². The first-order chi connectivity index (χ1) is 8.29. The molecule has 5 heteroatoms. The number of aromatic nitrogens is 2. The predicted octanol–water partition coefficient (Wildman–Crippen LogP) is 1.01. The second-order valence-corrected chi connectivity index (χ2v) is 4.49. The van der Waals surface area contributed by atoms with E-state index in [9.17, 15) is 0 Å². The Morgan fingerprint density at radius 3 is 3.12 bits per heavy atom. The molecule has 0 aromatic carbocycles. The Morgan fingerprint density at radius 2 is 2.53 bits per heavy atom. The maximum absolute atomic E-state index is 5.83. The van der Waals surface area contributed by atoms with Crippen LogP contribution in [0.15, 0.2) is 12.4 Å². The van der Waals surface area contributed by atoms with Gasteiger partial charge >= 0.3 is 0 Å². The lowest BCUT2D eigenvalue weighted by Gasteiger charge is -2.24. The van der Waals surface area contributed by atoms with Crippen LogP contribution in [-0.4, -0.2) is 35.6 Å². The molecule has 0 saturated carbocycles. The van der Waals surface area contributed by atoms with Crippen molar-refractivity contribution in [3.63, 3.8) is 0 Å². The maximum Gasteiger partial charge on any atom is 0.0978 e. The molecule has 0 amide bonds. The lowest BCUT2D eigenvalue weighted by Crippen LogP contribution is -2.27. The standard InChI is InChI=1S/C12H21N3O2/c1-15-8-10(7-14-15)12(6-13)17-9-11-4-2-3-5-16-11/h7-8,11-12H,2-6,9,13H2,1H3. The van der Waals surface area contributed by atoms with E-state index < -0.39 is 0 Å². The first-order valence-corrected chi connectivity index (χ1v) is 6.21. The van der Waals surface area contributed by atoms with Crippen molar-refractivity contribution in [2.24, 2.45) is 12.8 Å². The van der Waals surface area contributed by atoms with Gasteiger partial charge in [-0.1, -0.05) is 0 Å². The molecule has 96 valence electrons. The van der Waals surface area contributed by atoms with E-state index in [2.05, 4.69) is 5.10 Å². The Labute approximate surface area is 102 Å². The fourth-order valence-corrected chi connectivity index (χ4v) is 2.07. The van der Waals surface area contributed by atoms with Gasteiger partial charge in [-0.3, -0.25) is 4.68 Å². The number of ether oxygens (including phenoxy) is 2. The van der Waals surface area contributed by atoms with Crippen LogP contribution in [0.4, 0.5) is 0 Å². The second kappa shape index (κ2) is 6.14. The number of nitrogens with two attached hydrogens (primary N) is 1. The van der Waals surface area contributed by atoms with Crippen molar-refractivity contribution in [3.05, 3.63) is 18.0 Å². The van der Waals surface area contributed by atoms with E-state index in [1.807, 2.05) is 13.2 Å². The Kier molecular flexibility index (Phi) is 4.53. The molecule has 5 nitrogen and oxygen atoms in total. The van der Waals surface area contributed by atoms with Crippen molar-refractivity contribution in [1.82, 2.24) is 9.78 Å². The SMILES string of the molecule is Cn1cc(C(CN)OCC2CCCCO2)cn1. The zero-order chi connectivity index (χ0) is 12.1. The third-order valence-electron chi connectivity index (χ3n) is 3.07. The molecule has 2 atom stereocenters. The van der Waals surface area contributed by atoms with Crippen LogP contribution >= 0.6 is 0 Å². The Morgan fingerprint density at radius 1 is 1.65 bits per heavy atom. The van der Waals surface area contributed by atoms with Crippen LogP contribution in [0, 0.1) is 0 Å². The molecule has 1 saturated heterocycles. The molecule has 0 spiro atoms. The Balaban J connectivity index is 1.82. The molecule has 1 aliphatic rings. The van der Waals surface area contributed by atoms with Crippen molar-refractivity contribution < 1.29 is 9.47 Å². The van der Waals surface area contributed by atoms with Crippen LogP contribution in [0.2, 0.25) is 0 Å². The van der Waals surface area contributed by atoms with Gasteiger partial charge in [-0.25, -0.2) is 0 Å². The van der Waals surface area contributed by atoms with Gasteiger partial charge in [-0.05, 0) is 19.3 Å². The highest BCUT2D eigenvalue weighted by Gasteiger charge is 2.18. The molecule has 0 aliphatic carbocycles. The maximum atomic E-state index is 5.83. The van der Waals surface area contributed by atoms with Crippen LogP contribution in [0.5, 0.6) is 0 Å². The number of aryl methyl sites for hydroxylation is 1. The zero-order valence-corrected chi connectivity index (χ0v) is 10.3. The summed E-state index contributed by atoms with van der Waals surface area (Å²) in [5, 5.41) is 4.13. The van der Waals surface area contributed by atoms with Crippen molar-refractivity contribution in [3.8, 4) is 0 Å². The molecule has 0 bridgehead atoms. The van der Waals surface area contributed by atoms with Crippen molar-refractivity contribution in [2.45, 2.75) is 31.5 Å². The summed E-state index contributed by atoms with van der Waals surface area (Å²) < 4.78 is 13.2. The summed E-state index contributed by atoms with van der Waals surface area (Å²) in [6.07, 6.45) is 7.39. The highest BCUT2D eigenvalue weighted by Crippen LogP contribution is 2.18. The summed E-state index contributed by atoms with van der Waals surface area (Å²) in [4.78, 5) is 0. The predicted molar refractivity (Wildman–Crippen MR) is 64.5 cm³/mol. The van der Waals surface area contributed by atoms with Gasteiger partial charge in [0.25, 0.3) is 0 Å². The summed E-state index contributed by atoms with van der Waals surface area (Å²) in [5.74, 6) is 0. The number of hydrogen-bond acceptors (Lipinski definition) is 4. The van der Waals surface area contributed by atoms with E-state index in [-0.39, 0.29) is 12.2 Å². The Bertz CT molecular complexity index is 334. The third-order valence-corrected chi connectivity index (χ3v) is 3.07. The first-order valence-electron chi connectivity index (χ1n) is 6.21. The van der Waals surface area contributed by atoms with Gasteiger partial charge in [-0.15, -0.1) is 0 Å². The molecule has 1 aromatic rings. The number of rotatable bonds is 5. The van der Waals surface area contributed by atoms with Gasteiger partial charge in [-0.2, -0.15) is 5.10 Å². The van der Waals surface area contributed by atoms with E-state index >= 15 is 0 Å². The lowest BCUT2D eigenvalue weighted by atomic mass is 10.1. The molecule has 17 heavy (non-hydrogen) atoms. The van der Waals surface area contributed by atoms with Gasteiger partial charge < -0.3 is 15.2 Å². The monoisotopic (exact) mass is 239 g/mol. The minimum Gasteiger partial charge on any atom is -0.376 e. The highest BCUT2D eigenvalue weighted by atomic mass is 16.5. The molecule has 1 fully saturated rings. The molecule has 1 aliphatic heterocycles. The number of hydrogen-bond donors (Lipinski definition) is 1. The van der Waals surface area contributed by atoms with Crippen molar-refractivity contribution >= 4 is 0 Å². The van der Waals surface area contributed by atoms with Gasteiger partial charge in [0.05, 0.1) is 25.0 Å². The lowest BCUT2D eigenvalue weighted by molar-refractivity contribution is -0.0618. The van der Waals surface area contributed by atoms with Gasteiger partial charge in [0, 0.05) is 32.0 Å². The third kappa shape index (κ3) is 3.52. The summed E-state index contributed by atoms with van der Waals surface area (Å²) in [6, 6.07) is 0. The fraction of sp³-hybridized carbons (Fsp3) is 0.750. The molecular formula is C12H21N3O2. The summed E-state index contributed by atoms with van der Waals surface area (Å²) in [7, 11) is 1.89. The van der Waals surface area contributed by atoms with E-state index in [0.29, 0.717) is 13.2 Å². The summed E-state index contributed by atoms with van der Waals surface area (Å²) in [5.41, 5.74) is 6.76. The van der Waals surface area contributed by atoms with Crippen LogP contribution in [-0.2, 0) is 16.5 Å². The molecular weight excluding hydrogens is 218 g/mol. The number of nitrogens with zero attached hydrogens (tertiary/aromatic N) is 2. The first kappa shape index (κ1) is 12.5. The average molecular weight is 239 g/mol. The largest absolute Gasteiger partial charge is 0.376 e. The molecule has 1 aromatic heterocycles. The minimum absolute atomic E-state index is 0.0748. The Hall–Kier alpha value is -0.910. The van der Waals surface area contributed by atoms with Crippen LogP contribution in [0.3, 0.4) is 0 Å². The zero-order valence-electron chi connectivity index (χ0n) is 10.3. The highest BCUT2D eigenvalue weighted by molar-refractivity contribution is 5.08. The van der Waals surface area contributed by atoms with E-state index in [4.69, 9.17) is 15.2 Å². The van der Waals surface area contributed by atoms with E-state index in [1.54, 1.807) is 10.9 Å².